The van der Waals surface area contributed by atoms with Crippen molar-refractivity contribution in [3.8, 4) is 11.5 Å². The third kappa shape index (κ3) is 5.21. The van der Waals surface area contributed by atoms with E-state index < -0.39 is 11.8 Å². The molecule has 3 aromatic carbocycles. The van der Waals surface area contributed by atoms with Crippen molar-refractivity contribution in [2.45, 2.75) is 24.9 Å². The first kappa shape index (κ1) is 23.5. The van der Waals surface area contributed by atoms with E-state index in [0.717, 1.165) is 22.4 Å². The van der Waals surface area contributed by atoms with E-state index in [2.05, 4.69) is 11.1 Å². The molecule has 35 heavy (non-hydrogen) atoms. The SMILES string of the molecule is O=C(O)CCSC1c2ccccc2COc2ccc(OCc3ccc4cc(F)c(Cl)cc4n3)cc21. The highest BCUT2D eigenvalue weighted by atomic mass is 35.5. The molecule has 1 aromatic heterocycles. The van der Waals surface area contributed by atoms with Gasteiger partial charge in [0.2, 0.25) is 0 Å². The van der Waals surface area contributed by atoms with Crippen LogP contribution in [0.5, 0.6) is 11.5 Å². The number of carbonyl (C=O) groups is 1. The molecule has 5 rings (SSSR count). The van der Waals surface area contributed by atoms with E-state index in [9.17, 15) is 9.18 Å². The number of nitrogens with zero attached hydrogens (tertiary/aromatic N) is 1. The van der Waals surface area contributed by atoms with Crippen LogP contribution in [-0.4, -0.2) is 21.8 Å². The number of aliphatic carboxylic acids is 1. The maximum absolute atomic E-state index is 13.7. The monoisotopic (exact) mass is 509 g/mol. The van der Waals surface area contributed by atoms with Gasteiger partial charge in [0.1, 0.15) is 30.5 Å². The fourth-order valence-electron chi connectivity index (χ4n) is 4.04. The van der Waals surface area contributed by atoms with E-state index in [-0.39, 0.29) is 23.3 Å². The Labute approximate surface area is 210 Å². The number of ether oxygens (including phenoxy) is 2. The number of carboxylic acids is 1. The van der Waals surface area contributed by atoms with Gasteiger partial charge in [-0.1, -0.05) is 41.9 Å². The molecule has 4 aromatic rings. The van der Waals surface area contributed by atoms with Crippen LogP contribution >= 0.6 is 23.4 Å². The molecule has 0 saturated carbocycles. The van der Waals surface area contributed by atoms with E-state index >= 15 is 0 Å². The molecule has 5 nitrogen and oxygen atoms in total. The van der Waals surface area contributed by atoms with Gasteiger partial charge in [-0.3, -0.25) is 4.79 Å². The van der Waals surface area contributed by atoms with Gasteiger partial charge in [-0.25, -0.2) is 9.37 Å². The van der Waals surface area contributed by atoms with Crippen LogP contribution in [0.4, 0.5) is 4.39 Å². The Morgan fingerprint density at radius 3 is 2.86 bits per heavy atom. The van der Waals surface area contributed by atoms with Crippen LogP contribution in [0.2, 0.25) is 5.02 Å². The van der Waals surface area contributed by atoms with Crippen molar-refractivity contribution >= 4 is 40.2 Å². The van der Waals surface area contributed by atoms with Crippen LogP contribution < -0.4 is 9.47 Å². The average molecular weight is 510 g/mol. The predicted molar refractivity (Wildman–Crippen MR) is 135 cm³/mol. The standard InChI is InChI=1S/C27H21ClFNO4S/c28-22-13-24-16(11-23(22)29)5-6-18(30-24)15-33-19-7-8-25-21(12-19)27(35-10-9-26(31)32)20-4-2-1-3-17(20)14-34-25/h1-8,11-13,27H,9-10,14-15H2,(H,31,32). The van der Waals surface area contributed by atoms with E-state index in [1.165, 1.54) is 12.1 Å². The van der Waals surface area contributed by atoms with Crippen molar-refractivity contribution in [1.82, 2.24) is 4.98 Å². The Morgan fingerprint density at radius 2 is 2.00 bits per heavy atom. The summed E-state index contributed by atoms with van der Waals surface area (Å²) >= 11 is 7.48. The molecule has 0 bridgehead atoms. The van der Waals surface area contributed by atoms with Crippen LogP contribution in [0.3, 0.4) is 0 Å². The van der Waals surface area contributed by atoms with Crippen molar-refractivity contribution in [2.75, 3.05) is 5.75 Å². The number of hydrogen-bond donors (Lipinski definition) is 1. The topological polar surface area (TPSA) is 68.7 Å². The van der Waals surface area contributed by atoms with Crippen LogP contribution in [0.1, 0.15) is 34.1 Å². The molecule has 0 fully saturated rings. The third-order valence-corrected chi connectivity index (χ3v) is 7.33. The van der Waals surface area contributed by atoms with Gasteiger partial charge in [-0.2, -0.15) is 0 Å². The predicted octanol–water partition coefficient (Wildman–Crippen LogP) is 6.80. The van der Waals surface area contributed by atoms with Crippen molar-refractivity contribution in [3.05, 3.63) is 100.0 Å². The Morgan fingerprint density at radius 1 is 1.14 bits per heavy atom. The second-order valence-corrected chi connectivity index (χ2v) is 9.75. The minimum absolute atomic E-state index is 0.0283. The summed E-state index contributed by atoms with van der Waals surface area (Å²) in [5.74, 6) is 0.578. The van der Waals surface area contributed by atoms with Crippen molar-refractivity contribution in [1.29, 1.82) is 0 Å². The second kappa shape index (κ2) is 10.1. The summed E-state index contributed by atoms with van der Waals surface area (Å²) in [6, 6.07) is 20.2. The van der Waals surface area contributed by atoms with Gasteiger partial charge in [0, 0.05) is 16.7 Å². The minimum Gasteiger partial charge on any atom is -0.489 e. The van der Waals surface area contributed by atoms with Gasteiger partial charge in [-0.05, 0) is 47.5 Å². The Bertz CT molecular complexity index is 1410. The van der Waals surface area contributed by atoms with Crippen molar-refractivity contribution in [2.24, 2.45) is 0 Å². The highest BCUT2D eigenvalue weighted by molar-refractivity contribution is 7.99. The molecule has 0 spiro atoms. The fourth-order valence-corrected chi connectivity index (χ4v) is 5.50. The highest BCUT2D eigenvalue weighted by Crippen LogP contribution is 2.45. The number of rotatable bonds is 7. The van der Waals surface area contributed by atoms with Crippen LogP contribution in [0.25, 0.3) is 10.9 Å². The van der Waals surface area contributed by atoms with E-state index in [0.29, 0.717) is 34.7 Å². The zero-order chi connectivity index (χ0) is 24.4. The number of hydrogen-bond acceptors (Lipinski definition) is 5. The summed E-state index contributed by atoms with van der Waals surface area (Å²) in [5.41, 5.74) is 4.41. The lowest BCUT2D eigenvalue weighted by Crippen LogP contribution is -2.04. The molecule has 0 amide bonds. The average Bonchev–Trinajstić information content (AvgIpc) is 3.00. The van der Waals surface area contributed by atoms with Crippen LogP contribution in [-0.2, 0) is 18.0 Å². The number of benzene rings is 3. The summed E-state index contributed by atoms with van der Waals surface area (Å²) in [6.45, 7) is 0.668. The number of carboxylic acid groups (broad SMARTS) is 1. The van der Waals surface area contributed by atoms with E-state index in [4.69, 9.17) is 26.2 Å². The first-order valence-corrected chi connectivity index (χ1v) is 12.5. The van der Waals surface area contributed by atoms with Gasteiger partial charge in [0.25, 0.3) is 0 Å². The number of pyridine rings is 1. The normalized spacial score (nSPS) is 14.5. The molecule has 1 atom stereocenters. The molecule has 1 unspecified atom stereocenters. The zero-order valence-electron chi connectivity index (χ0n) is 18.5. The van der Waals surface area contributed by atoms with Gasteiger partial charge in [0.15, 0.2) is 0 Å². The summed E-state index contributed by atoms with van der Waals surface area (Å²) in [6.07, 6.45) is 0.0806. The second-order valence-electron chi connectivity index (χ2n) is 8.13. The number of aromatic nitrogens is 1. The maximum Gasteiger partial charge on any atom is 0.304 e. The van der Waals surface area contributed by atoms with E-state index in [1.54, 1.807) is 23.9 Å². The molecule has 1 aliphatic heterocycles. The number of halogens is 2. The lowest BCUT2D eigenvalue weighted by Gasteiger charge is -2.19. The lowest BCUT2D eigenvalue weighted by atomic mass is 10.00. The van der Waals surface area contributed by atoms with Gasteiger partial charge >= 0.3 is 5.97 Å². The fraction of sp³-hybridized carbons (Fsp3) is 0.185. The Balaban J connectivity index is 1.40. The zero-order valence-corrected chi connectivity index (χ0v) is 20.1. The molecule has 0 radical (unpaired) electrons. The van der Waals surface area contributed by atoms with Crippen LogP contribution in [0, 0.1) is 5.82 Å². The number of thioether (sulfide) groups is 1. The minimum atomic E-state index is -0.820. The smallest absolute Gasteiger partial charge is 0.304 e. The molecule has 2 heterocycles. The van der Waals surface area contributed by atoms with Crippen molar-refractivity contribution < 1.29 is 23.8 Å². The maximum atomic E-state index is 13.7. The van der Waals surface area contributed by atoms with Gasteiger partial charge in [0.05, 0.1) is 27.9 Å². The van der Waals surface area contributed by atoms with Gasteiger partial charge in [-0.15, -0.1) is 11.8 Å². The van der Waals surface area contributed by atoms with E-state index in [1.807, 2.05) is 36.4 Å². The molecule has 8 heteroatoms. The lowest BCUT2D eigenvalue weighted by molar-refractivity contribution is -0.136. The Kier molecular flexibility index (Phi) is 6.79. The molecule has 178 valence electrons. The summed E-state index contributed by atoms with van der Waals surface area (Å²) in [7, 11) is 0. The molecule has 1 aliphatic rings. The molecule has 0 aliphatic carbocycles. The van der Waals surface area contributed by atoms with Gasteiger partial charge < -0.3 is 14.6 Å². The molecule has 1 N–H and O–H groups in total. The first-order valence-electron chi connectivity index (χ1n) is 11.0. The molecular weight excluding hydrogens is 489 g/mol. The summed E-state index contributed by atoms with van der Waals surface area (Å²) < 4.78 is 25.8. The largest absolute Gasteiger partial charge is 0.489 e. The molecular formula is C27H21ClFNO4S. The third-order valence-electron chi connectivity index (χ3n) is 5.76. The molecule has 0 saturated heterocycles. The summed E-state index contributed by atoms with van der Waals surface area (Å²) in [5, 5.41) is 9.73. The number of fused-ring (bicyclic) bond motifs is 3. The Hall–Kier alpha value is -3.29. The summed E-state index contributed by atoms with van der Waals surface area (Å²) in [4.78, 5) is 15.6. The first-order chi connectivity index (χ1) is 17.0. The van der Waals surface area contributed by atoms with Crippen molar-refractivity contribution in [3.63, 3.8) is 0 Å². The quantitative estimate of drug-likeness (QED) is 0.295. The highest BCUT2D eigenvalue weighted by Gasteiger charge is 2.26. The van der Waals surface area contributed by atoms with Crippen LogP contribution in [0.15, 0.2) is 66.7 Å².